The molecule has 7 heteroatoms. The minimum Gasteiger partial charge on any atom is -0.487 e. The highest BCUT2D eigenvalue weighted by atomic mass is 127. The highest BCUT2D eigenvalue weighted by Gasteiger charge is 2.14. The van der Waals surface area contributed by atoms with Crippen molar-refractivity contribution in [1.29, 1.82) is 5.26 Å². The maximum Gasteiger partial charge on any atom is 0.266 e. The summed E-state index contributed by atoms with van der Waals surface area (Å²) in [7, 11) is 0. The molecule has 0 heterocycles. The Hall–Kier alpha value is -2.86. The number of nitrogens with one attached hydrogen (secondary N) is 1. The molecule has 4 aromatic carbocycles. The van der Waals surface area contributed by atoms with Crippen molar-refractivity contribution in [1.82, 2.24) is 0 Å². The van der Waals surface area contributed by atoms with E-state index in [2.05, 4.69) is 68.1 Å². The molecule has 4 nitrogen and oxygen atoms in total. The number of hydrogen-bond donors (Lipinski definition) is 1. The summed E-state index contributed by atoms with van der Waals surface area (Å²) in [6.45, 7) is 2.27. The summed E-state index contributed by atoms with van der Waals surface area (Å²) < 4.78 is 7.76. The second kappa shape index (κ2) is 11.3. The molecule has 0 atom stereocenters. The summed E-state index contributed by atoms with van der Waals surface area (Å²) in [4.78, 5) is 12.7. The lowest BCUT2D eigenvalue weighted by Crippen LogP contribution is -2.14. The molecular formula is C28H19BrClIN2O2. The molecule has 0 fully saturated rings. The third kappa shape index (κ3) is 6.04. The Morgan fingerprint density at radius 1 is 1.14 bits per heavy atom. The minimum atomic E-state index is -0.500. The van der Waals surface area contributed by atoms with Crippen molar-refractivity contribution in [2.45, 2.75) is 13.5 Å². The van der Waals surface area contributed by atoms with Gasteiger partial charge < -0.3 is 10.1 Å². The lowest BCUT2D eigenvalue weighted by atomic mass is 10.1. The number of carbonyl (C=O) groups is 1. The van der Waals surface area contributed by atoms with Gasteiger partial charge in [0.1, 0.15) is 24.0 Å². The molecular weight excluding hydrogens is 639 g/mol. The summed E-state index contributed by atoms with van der Waals surface area (Å²) in [6.07, 6.45) is 1.55. The Labute approximate surface area is 230 Å². The molecule has 1 N–H and O–H groups in total. The third-order valence-electron chi connectivity index (χ3n) is 5.40. The van der Waals surface area contributed by atoms with E-state index in [9.17, 15) is 10.1 Å². The van der Waals surface area contributed by atoms with E-state index in [1.165, 1.54) is 0 Å². The van der Waals surface area contributed by atoms with E-state index < -0.39 is 5.91 Å². The summed E-state index contributed by atoms with van der Waals surface area (Å²) in [5.74, 6) is 0.202. The average Bonchev–Trinajstić information content (AvgIpc) is 2.84. The number of amides is 1. The largest absolute Gasteiger partial charge is 0.487 e. The zero-order valence-electron chi connectivity index (χ0n) is 18.6. The number of aryl methyl sites for hydroxylation is 1. The van der Waals surface area contributed by atoms with Gasteiger partial charge in [-0.2, -0.15) is 5.26 Å². The first-order valence-electron chi connectivity index (χ1n) is 10.6. The zero-order valence-corrected chi connectivity index (χ0v) is 23.1. The first-order valence-corrected chi connectivity index (χ1v) is 12.9. The smallest absolute Gasteiger partial charge is 0.266 e. The van der Waals surface area contributed by atoms with E-state index in [-0.39, 0.29) is 5.57 Å². The molecule has 0 saturated carbocycles. The van der Waals surface area contributed by atoms with Crippen LogP contribution in [-0.2, 0) is 11.4 Å². The second-order valence-electron chi connectivity index (χ2n) is 7.82. The molecule has 4 rings (SSSR count). The van der Waals surface area contributed by atoms with Gasteiger partial charge in [0.05, 0.1) is 8.04 Å². The second-order valence-corrected chi connectivity index (χ2v) is 10.3. The Morgan fingerprint density at radius 3 is 2.69 bits per heavy atom. The Morgan fingerprint density at radius 2 is 1.91 bits per heavy atom. The Bertz CT molecular complexity index is 1480. The SMILES string of the molecule is Cc1ccc(Cl)cc1NC(=O)/C(C#N)=C/c1cc(Br)c(OCc2cccc3ccccc23)c(I)c1. The van der Waals surface area contributed by atoms with Gasteiger partial charge in [-0.15, -0.1) is 0 Å². The van der Waals surface area contributed by atoms with Crippen molar-refractivity contribution < 1.29 is 9.53 Å². The first kappa shape index (κ1) is 25.2. The Balaban J connectivity index is 1.54. The molecule has 0 saturated heterocycles. The van der Waals surface area contributed by atoms with Crippen LogP contribution in [0.5, 0.6) is 5.75 Å². The van der Waals surface area contributed by atoms with Crippen molar-refractivity contribution in [3.63, 3.8) is 0 Å². The third-order valence-corrected chi connectivity index (χ3v) is 7.02. The molecule has 0 bridgehead atoms. The predicted octanol–water partition coefficient (Wildman–Crippen LogP) is 8.29. The zero-order chi connectivity index (χ0) is 24.9. The van der Waals surface area contributed by atoms with Crippen molar-refractivity contribution in [2.24, 2.45) is 0 Å². The normalized spacial score (nSPS) is 11.2. The molecule has 0 aromatic heterocycles. The molecule has 0 aliphatic heterocycles. The molecule has 0 aliphatic rings. The lowest BCUT2D eigenvalue weighted by Gasteiger charge is -2.13. The van der Waals surface area contributed by atoms with Crippen molar-refractivity contribution >= 4 is 78.6 Å². The number of benzene rings is 4. The molecule has 0 spiro atoms. The molecule has 0 radical (unpaired) electrons. The van der Waals surface area contributed by atoms with Gasteiger partial charge in [0, 0.05) is 10.7 Å². The maximum atomic E-state index is 12.7. The van der Waals surface area contributed by atoms with Crippen LogP contribution in [-0.4, -0.2) is 5.91 Å². The predicted molar refractivity (Wildman–Crippen MR) is 154 cm³/mol. The van der Waals surface area contributed by atoms with Crippen molar-refractivity contribution in [3.05, 3.63) is 108 Å². The number of fused-ring (bicyclic) bond motifs is 1. The van der Waals surface area contributed by atoms with E-state index in [1.807, 2.05) is 49.4 Å². The van der Waals surface area contributed by atoms with E-state index >= 15 is 0 Å². The fourth-order valence-electron chi connectivity index (χ4n) is 3.60. The highest BCUT2D eigenvalue weighted by Crippen LogP contribution is 2.34. The fraction of sp³-hybridized carbons (Fsp3) is 0.0714. The standard InChI is InChI=1S/C28H19BrClIN2O2/c1-17-9-10-22(30)14-26(17)33-28(34)21(15-32)11-18-12-24(29)27(25(31)13-18)35-16-20-7-4-6-19-5-2-3-8-23(19)20/h2-14H,16H2,1H3,(H,33,34)/b21-11+. The van der Waals surface area contributed by atoms with Gasteiger partial charge in [-0.05, 0) is 103 Å². The summed E-state index contributed by atoms with van der Waals surface area (Å²) >= 11 is 11.8. The number of halogens is 3. The molecule has 174 valence electrons. The maximum absolute atomic E-state index is 12.7. The van der Waals surface area contributed by atoms with Crippen molar-refractivity contribution in [3.8, 4) is 11.8 Å². The number of nitriles is 1. The van der Waals surface area contributed by atoms with E-state index in [4.69, 9.17) is 16.3 Å². The van der Waals surface area contributed by atoms with Gasteiger partial charge >= 0.3 is 0 Å². The first-order chi connectivity index (χ1) is 16.9. The lowest BCUT2D eigenvalue weighted by molar-refractivity contribution is -0.112. The molecule has 0 unspecified atom stereocenters. The molecule has 4 aromatic rings. The summed E-state index contributed by atoms with van der Waals surface area (Å²) in [5.41, 5.74) is 3.20. The van der Waals surface area contributed by atoms with E-state index in [1.54, 1.807) is 18.2 Å². The molecule has 0 aliphatic carbocycles. The van der Waals surface area contributed by atoms with Gasteiger partial charge in [-0.25, -0.2) is 0 Å². The van der Waals surface area contributed by atoms with Gasteiger partial charge in [0.15, 0.2) is 0 Å². The van der Waals surface area contributed by atoms with Crippen LogP contribution in [0.2, 0.25) is 5.02 Å². The van der Waals surface area contributed by atoms with Crippen LogP contribution in [0.15, 0.2) is 82.8 Å². The van der Waals surface area contributed by atoms with Gasteiger partial charge in [0.2, 0.25) is 0 Å². The number of nitrogens with zero attached hydrogens (tertiary/aromatic N) is 1. The van der Waals surface area contributed by atoms with Gasteiger partial charge in [-0.3, -0.25) is 4.79 Å². The van der Waals surface area contributed by atoms with Crippen LogP contribution >= 0.6 is 50.1 Å². The fourth-order valence-corrected chi connectivity index (χ4v) is 5.54. The number of anilines is 1. The van der Waals surface area contributed by atoms with Crippen LogP contribution in [0.25, 0.3) is 16.8 Å². The molecule has 1 amide bonds. The Kier molecular flexibility index (Phi) is 8.11. The summed E-state index contributed by atoms with van der Waals surface area (Å²) in [5, 5.41) is 15.2. The monoisotopic (exact) mass is 656 g/mol. The van der Waals surface area contributed by atoms with Gasteiger partial charge in [-0.1, -0.05) is 60.1 Å². The number of ether oxygens (including phenoxy) is 1. The quantitative estimate of drug-likeness (QED) is 0.129. The van der Waals surface area contributed by atoms with Crippen molar-refractivity contribution in [2.75, 3.05) is 5.32 Å². The van der Waals surface area contributed by atoms with Crippen LogP contribution < -0.4 is 10.1 Å². The highest BCUT2D eigenvalue weighted by molar-refractivity contribution is 14.1. The minimum absolute atomic E-state index is 0.0171. The van der Waals surface area contributed by atoms with Crippen LogP contribution in [0.4, 0.5) is 5.69 Å². The van der Waals surface area contributed by atoms with Crippen LogP contribution in [0.1, 0.15) is 16.7 Å². The van der Waals surface area contributed by atoms with Crippen LogP contribution in [0.3, 0.4) is 0 Å². The van der Waals surface area contributed by atoms with Crippen LogP contribution in [0, 0.1) is 21.8 Å². The number of rotatable bonds is 6. The van der Waals surface area contributed by atoms with Gasteiger partial charge in [0.25, 0.3) is 5.91 Å². The molecule has 35 heavy (non-hydrogen) atoms. The van der Waals surface area contributed by atoms with E-state index in [0.717, 1.165) is 29.9 Å². The number of hydrogen-bond acceptors (Lipinski definition) is 3. The van der Waals surface area contributed by atoms with E-state index in [0.29, 0.717) is 28.6 Å². The average molecular weight is 658 g/mol. The number of carbonyl (C=O) groups excluding carboxylic acids is 1. The summed E-state index contributed by atoms with van der Waals surface area (Å²) in [6, 6.07) is 25.3. The topological polar surface area (TPSA) is 62.1 Å².